The highest BCUT2D eigenvalue weighted by Gasteiger charge is 2.32. The van der Waals surface area contributed by atoms with Gasteiger partial charge in [-0.25, -0.2) is 0 Å². The minimum absolute atomic E-state index is 0.104. The minimum Gasteiger partial charge on any atom is -0.393 e. The van der Waals surface area contributed by atoms with Gasteiger partial charge in [-0.15, -0.1) is 0 Å². The van der Waals surface area contributed by atoms with Crippen molar-refractivity contribution in [2.24, 2.45) is 0 Å². The van der Waals surface area contributed by atoms with Crippen molar-refractivity contribution < 1.29 is 9.90 Å². The van der Waals surface area contributed by atoms with Crippen molar-refractivity contribution in [1.82, 2.24) is 10.2 Å². The molecule has 4 heteroatoms. The van der Waals surface area contributed by atoms with Crippen LogP contribution in [-0.2, 0) is 4.79 Å². The summed E-state index contributed by atoms with van der Waals surface area (Å²) in [5.74, 6) is -0.216. The molecule has 1 atom stereocenters. The highest BCUT2D eigenvalue weighted by atomic mass is 16.3. The maximum atomic E-state index is 11.5. The van der Waals surface area contributed by atoms with Crippen molar-refractivity contribution in [2.45, 2.75) is 32.4 Å². The number of likely N-dealkylation sites (N-methyl/N-ethyl adjacent to an activating group) is 1. The summed E-state index contributed by atoms with van der Waals surface area (Å²) in [6, 6.07) is 0. The van der Waals surface area contributed by atoms with E-state index in [0.29, 0.717) is 12.0 Å². The molecular weight excluding hydrogens is 192 g/mol. The number of nitrogens with zero attached hydrogens (tertiary/aromatic N) is 1. The number of hydrogen-bond acceptors (Lipinski definition) is 3. The Morgan fingerprint density at radius 2 is 2.07 bits per heavy atom. The van der Waals surface area contributed by atoms with Gasteiger partial charge in [0.05, 0.1) is 6.61 Å². The van der Waals surface area contributed by atoms with Crippen molar-refractivity contribution in [3.8, 4) is 0 Å². The van der Waals surface area contributed by atoms with Crippen LogP contribution in [0.1, 0.15) is 26.7 Å². The third kappa shape index (κ3) is 3.64. The van der Waals surface area contributed by atoms with Gasteiger partial charge in [-0.05, 0) is 27.4 Å². The first-order valence-electron chi connectivity index (χ1n) is 5.16. The van der Waals surface area contributed by atoms with Gasteiger partial charge in [0.1, 0.15) is 5.66 Å². The molecule has 0 aliphatic rings. The van der Waals surface area contributed by atoms with Crippen LogP contribution in [0, 0.1) is 0 Å². The zero-order chi connectivity index (χ0) is 12.1. The van der Waals surface area contributed by atoms with Crippen LogP contribution in [0.25, 0.3) is 0 Å². The lowest BCUT2D eigenvalue weighted by Crippen LogP contribution is -2.60. The van der Waals surface area contributed by atoms with Gasteiger partial charge < -0.3 is 10.4 Å². The van der Waals surface area contributed by atoms with Crippen LogP contribution in [0.15, 0.2) is 12.2 Å². The second-order valence-electron chi connectivity index (χ2n) is 4.07. The molecule has 0 aromatic carbocycles. The molecule has 0 radical (unpaired) electrons. The summed E-state index contributed by atoms with van der Waals surface area (Å²) < 4.78 is 0. The summed E-state index contributed by atoms with van der Waals surface area (Å²) in [7, 11) is 3.68. The smallest absolute Gasteiger partial charge is 0.247 e. The Morgan fingerprint density at radius 3 is 2.33 bits per heavy atom. The Morgan fingerprint density at radius 1 is 1.53 bits per heavy atom. The quantitative estimate of drug-likeness (QED) is 0.506. The number of hydrogen-bond donors (Lipinski definition) is 2. The maximum Gasteiger partial charge on any atom is 0.247 e. The second-order valence-corrected chi connectivity index (χ2v) is 4.07. The molecule has 4 nitrogen and oxygen atoms in total. The SMILES string of the molecule is C=C(C)C(=O)NC(CO)(CCC)N(C)C. The van der Waals surface area contributed by atoms with Crippen LogP contribution >= 0.6 is 0 Å². The lowest BCUT2D eigenvalue weighted by Gasteiger charge is -2.39. The van der Waals surface area contributed by atoms with Crippen molar-refractivity contribution in [3.05, 3.63) is 12.2 Å². The average Bonchev–Trinajstić information content (AvgIpc) is 2.16. The topological polar surface area (TPSA) is 52.6 Å². The average molecular weight is 214 g/mol. The third-order valence-corrected chi connectivity index (χ3v) is 2.52. The molecule has 1 unspecified atom stereocenters. The fourth-order valence-electron chi connectivity index (χ4n) is 1.39. The van der Waals surface area contributed by atoms with Crippen LogP contribution in [0.2, 0.25) is 0 Å². The third-order valence-electron chi connectivity index (χ3n) is 2.52. The van der Waals surface area contributed by atoms with Gasteiger partial charge in [0.15, 0.2) is 0 Å². The standard InChI is InChI=1S/C11H22N2O2/c1-6-7-11(8-14,13(4)5)12-10(15)9(2)3/h14H,2,6-8H2,1,3-5H3,(H,12,15). The molecule has 0 aliphatic carbocycles. The van der Waals surface area contributed by atoms with Gasteiger partial charge in [0.25, 0.3) is 0 Å². The molecule has 0 aliphatic heterocycles. The zero-order valence-corrected chi connectivity index (χ0v) is 10.1. The first-order valence-corrected chi connectivity index (χ1v) is 5.16. The van der Waals surface area contributed by atoms with Crippen molar-refractivity contribution >= 4 is 5.91 Å². The summed E-state index contributed by atoms with van der Waals surface area (Å²) in [6.07, 6.45) is 1.59. The number of nitrogens with one attached hydrogen (secondary N) is 1. The molecule has 1 amide bonds. The summed E-state index contributed by atoms with van der Waals surface area (Å²) in [4.78, 5) is 13.4. The van der Waals surface area contributed by atoms with Crippen LogP contribution < -0.4 is 5.32 Å². The summed E-state index contributed by atoms with van der Waals surface area (Å²) >= 11 is 0. The molecular formula is C11H22N2O2. The highest BCUT2D eigenvalue weighted by molar-refractivity contribution is 5.92. The van der Waals surface area contributed by atoms with Crippen LogP contribution in [0.4, 0.5) is 0 Å². The molecule has 0 saturated carbocycles. The van der Waals surface area contributed by atoms with Crippen molar-refractivity contribution in [1.29, 1.82) is 0 Å². The molecule has 2 N–H and O–H groups in total. The van der Waals surface area contributed by atoms with Gasteiger partial charge in [0.2, 0.25) is 5.91 Å². The van der Waals surface area contributed by atoms with E-state index >= 15 is 0 Å². The fraction of sp³-hybridized carbons (Fsp3) is 0.727. The number of aliphatic hydroxyl groups is 1. The lowest BCUT2D eigenvalue weighted by molar-refractivity contribution is -0.123. The fourth-order valence-corrected chi connectivity index (χ4v) is 1.39. The van der Waals surface area contributed by atoms with Crippen molar-refractivity contribution in [2.75, 3.05) is 20.7 Å². The van der Waals surface area contributed by atoms with E-state index < -0.39 is 5.66 Å². The molecule has 0 bridgehead atoms. The molecule has 0 fully saturated rings. The normalized spacial score (nSPS) is 14.8. The van der Waals surface area contributed by atoms with E-state index in [1.165, 1.54) is 0 Å². The van der Waals surface area contributed by atoms with Gasteiger partial charge in [-0.2, -0.15) is 0 Å². The zero-order valence-electron chi connectivity index (χ0n) is 10.1. The van der Waals surface area contributed by atoms with Crippen LogP contribution in [0.5, 0.6) is 0 Å². The van der Waals surface area contributed by atoms with E-state index in [1.807, 2.05) is 25.9 Å². The van der Waals surface area contributed by atoms with E-state index in [0.717, 1.165) is 6.42 Å². The van der Waals surface area contributed by atoms with E-state index in [9.17, 15) is 9.90 Å². The lowest BCUT2D eigenvalue weighted by atomic mass is 10.0. The van der Waals surface area contributed by atoms with E-state index in [1.54, 1.807) is 6.92 Å². The maximum absolute atomic E-state index is 11.5. The van der Waals surface area contributed by atoms with E-state index in [2.05, 4.69) is 11.9 Å². The summed E-state index contributed by atoms with van der Waals surface area (Å²) in [5, 5.41) is 12.2. The Hall–Kier alpha value is -0.870. The van der Waals surface area contributed by atoms with E-state index in [4.69, 9.17) is 0 Å². The number of aliphatic hydroxyl groups excluding tert-OH is 1. The van der Waals surface area contributed by atoms with E-state index in [-0.39, 0.29) is 12.5 Å². The van der Waals surface area contributed by atoms with Gasteiger partial charge in [-0.3, -0.25) is 9.69 Å². The highest BCUT2D eigenvalue weighted by Crippen LogP contribution is 2.15. The molecule has 0 heterocycles. The Balaban J connectivity index is 4.76. The molecule has 88 valence electrons. The molecule has 0 spiro atoms. The van der Waals surface area contributed by atoms with Gasteiger partial charge in [-0.1, -0.05) is 19.9 Å². The number of carbonyl (C=O) groups excluding carboxylic acids is 1. The van der Waals surface area contributed by atoms with Crippen LogP contribution in [0.3, 0.4) is 0 Å². The minimum atomic E-state index is -0.676. The molecule has 0 saturated heterocycles. The first kappa shape index (κ1) is 14.1. The van der Waals surface area contributed by atoms with Crippen LogP contribution in [-0.4, -0.2) is 42.3 Å². The van der Waals surface area contributed by atoms with Gasteiger partial charge >= 0.3 is 0 Å². The largest absolute Gasteiger partial charge is 0.393 e. The summed E-state index contributed by atoms with van der Waals surface area (Å²) in [5.41, 5.74) is -0.226. The summed E-state index contributed by atoms with van der Waals surface area (Å²) in [6.45, 7) is 7.14. The number of carbonyl (C=O) groups is 1. The molecule has 0 aromatic heterocycles. The predicted octanol–water partition coefficient (Wildman–Crippen LogP) is 0.729. The second kappa shape index (κ2) is 5.88. The Labute approximate surface area is 92.0 Å². The first-order chi connectivity index (χ1) is 6.89. The number of amides is 1. The van der Waals surface area contributed by atoms with Gasteiger partial charge in [0, 0.05) is 5.57 Å². The molecule has 0 aromatic rings. The monoisotopic (exact) mass is 214 g/mol. The number of rotatable bonds is 6. The predicted molar refractivity (Wildman–Crippen MR) is 61.4 cm³/mol. The van der Waals surface area contributed by atoms with Crippen molar-refractivity contribution in [3.63, 3.8) is 0 Å². The Kier molecular flexibility index (Phi) is 5.54. The molecule has 15 heavy (non-hydrogen) atoms. The Bertz CT molecular complexity index is 239. The molecule has 0 rings (SSSR count).